The second-order valence-corrected chi connectivity index (χ2v) is 5.88. The normalized spacial score (nSPS) is 11.9. The first-order valence-electron chi connectivity index (χ1n) is 8.01. The molecule has 0 amide bonds. The molecule has 0 spiro atoms. The van der Waals surface area contributed by atoms with Gasteiger partial charge in [-0.05, 0) is 49.0 Å². The molecule has 3 aromatic rings. The third-order valence-electron chi connectivity index (χ3n) is 3.61. The smallest absolute Gasteiger partial charge is 0.416 e. The van der Waals surface area contributed by atoms with E-state index in [1.165, 1.54) is 23.0 Å². The monoisotopic (exact) mass is 392 g/mol. The number of benzene rings is 2. The maximum atomic E-state index is 12.6. The highest BCUT2D eigenvalue weighted by Gasteiger charge is 2.29. The molecule has 0 radical (unpaired) electrons. The number of hydrogen-bond acceptors (Lipinski definition) is 4. The van der Waals surface area contributed by atoms with Gasteiger partial charge in [-0.2, -0.15) is 28.0 Å². The topological polar surface area (TPSA) is 55.2 Å². The van der Waals surface area contributed by atoms with E-state index < -0.39 is 11.7 Å². The third kappa shape index (κ3) is 4.43. The van der Waals surface area contributed by atoms with Gasteiger partial charge in [0.1, 0.15) is 5.75 Å². The Labute approximate surface area is 158 Å². The Hall–Kier alpha value is -2.94. The number of ether oxygens (including phenoxy) is 1. The maximum absolute atomic E-state index is 12.6. The van der Waals surface area contributed by atoms with Crippen molar-refractivity contribution in [3.63, 3.8) is 0 Å². The molecular weight excluding hydrogens is 377 g/mol. The molecule has 0 fully saturated rings. The standard InChI is InChI=1S/C18H15F3N4OS/c1-2-26-15-5-3-4-13(10-15)16-23-24-17(27)25(16)22-11-12-6-8-14(9-7-12)18(19,20)21/h3-11H,2H2,1H3,(H,24,27)/b22-11+. The minimum atomic E-state index is -4.37. The van der Waals surface area contributed by atoms with Gasteiger partial charge in [-0.25, -0.2) is 5.10 Å². The molecule has 1 aromatic heterocycles. The van der Waals surface area contributed by atoms with Crippen LogP contribution in [0.1, 0.15) is 18.1 Å². The van der Waals surface area contributed by atoms with Crippen LogP contribution in [0.3, 0.4) is 0 Å². The summed E-state index contributed by atoms with van der Waals surface area (Å²) in [7, 11) is 0. The van der Waals surface area contributed by atoms with Gasteiger partial charge in [-0.1, -0.05) is 24.3 Å². The van der Waals surface area contributed by atoms with Gasteiger partial charge in [0.25, 0.3) is 0 Å². The van der Waals surface area contributed by atoms with Crippen molar-refractivity contribution < 1.29 is 17.9 Å². The van der Waals surface area contributed by atoms with Gasteiger partial charge in [0.05, 0.1) is 18.4 Å². The van der Waals surface area contributed by atoms with Crippen LogP contribution in [0.15, 0.2) is 53.6 Å². The van der Waals surface area contributed by atoms with Crippen LogP contribution in [0.5, 0.6) is 5.75 Å². The summed E-state index contributed by atoms with van der Waals surface area (Å²) in [6, 6.07) is 12.0. The summed E-state index contributed by atoms with van der Waals surface area (Å²) in [5, 5.41) is 11.1. The highest BCUT2D eigenvalue weighted by atomic mass is 32.1. The van der Waals surface area contributed by atoms with E-state index in [-0.39, 0.29) is 4.77 Å². The Morgan fingerprint density at radius 2 is 1.96 bits per heavy atom. The van der Waals surface area contributed by atoms with E-state index in [2.05, 4.69) is 15.3 Å². The van der Waals surface area contributed by atoms with Crippen molar-refractivity contribution in [2.24, 2.45) is 5.10 Å². The summed E-state index contributed by atoms with van der Waals surface area (Å²) >= 11 is 5.19. The molecule has 1 heterocycles. The molecule has 0 aliphatic rings. The van der Waals surface area contributed by atoms with Gasteiger partial charge in [0, 0.05) is 5.56 Å². The Bertz CT molecular complexity index is 1010. The number of aromatic amines is 1. The lowest BCUT2D eigenvalue weighted by Gasteiger charge is -2.06. The largest absolute Gasteiger partial charge is 0.494 e. The predicted octanol–water partition coefficient (Wildman–Crippen LogP) is 4.91. The molecular formula is C18H15F3N4OS. The molecule has 0 atom stereocenters. The number of nitrogens with zero attached hydrogens (tertiary/aromatic N) is 3. The molecule has 3 rings (SSSR count). The van der Waals surface area contributed by atoms with Crippen molar-refractivity contribution in [2.45, 2.75) is 13.1 Å². The zero-order valence-electron chi connectivity index (χ0n) is 14.2. The maximum Gasteiger partial charge on any atom is 0.416 e. The minimum Gasteiger partial charge on any atom is -0.494 e. The quantitative estimate of drug-likeness (QED) is 0.496. The van der Waals surface area contributed by atoms with E-state index in [4.69, 9.17) is 17.0 Å². The van der Waals surface area contributed by atoms with Crippen LogP contribution in [0.2, 0.25) is 0 Å². The molecule has 0 saturated heterocycles. The lowest BCUT2D eigenvalue weighted by Crippen LogP contribution is -2.04. The number of halogens is 3. The van der Waals surface area contributed by atoms with Gasteiger partial charge in [-0.3, -0.25) is 0 Å². The molecule has 0 aliphatic carbocycles. The number of nitrogens with one attached hydrogen (secondary N) is 1. The minimum absolute atomic E-state index is 0.259. The van der Waals surface area contributed by atoms with Gasteiger partial charge in [-0.15, -0.1) is 0 Å². The molecule has 27 heavy (non-hydrogen) atoms. The second-order valence-electron chi connectivity index (χ2n) is 5.49. The second kappa shape index (κ2) is 7.75. The highest BCUT2D eigenvalue weighted by molar-refractivity contribution is 7.71. The van der Waals surface area contributed by atoms with Crippen LogP contribution in [0, 0.1) is 4.77 Å². The molecule has 2 aromatic carbocycles. The predicted molar refractivity (Wildman–Crippen MR) is 98.5 cm³/mol. The number of rotatable bonds is 5. The van der Waals surface area contributed by atoms with E-state index in [1.807, 2.05) is 25.1 Å². The number of aromatic nitrogens is 3. The zero-order valence-corrected chi connectivity index (χ0v) is 15.0. The van der Waals surface area contributed by atoms with Crippen molar-refractivity contribution in [2.75, 3.05) is 6.61 Å². The van der Waals surface area contributed by atoms with Gasteiger partial charge < -0.3 is 4.74 Å². The van der Waals surface area contributed by atoms with E-state index in [1.54, 1.807) is 6.07 Å². The Morgan fingerprint density at radius 3 is 2.63 bits per heavy atom. The zero-order chi connectivity index (χ0) is 19.4. The van der Waals surface area contributed by atoms with E-state index in [0.29, 0.717) is 23.7 Å². The average molecular weight is 392 g/mol. The van der Waals surface area contributed by atoms with Gasteiger partial charge in [0.15, 0.2) is 5.82 Å². The summed E-state index contributed by atoms with van der Waals surface area (Å²) in [5.41, 5.74) is 0.519. The van der Waals surface area contributed by atoms with Crippen LogP contribution in [0.25, 0.3) is 11.4 Å². The summed E-state index contributed by atoms with van der Waals surface area (Å²) in [5.74, 6) is 1.15. The fraction of sp³-hybridized carbons (Fsp3) is 0.167. The first kappa shape index (κ1) is 18.8. The Balaban J connectivity index is 1.90. The molecule has 0 aliphatic heterocycles. The van der Waals surface area contributed by atoms with Gasteiger partial charge >= 0.3 is 6.18 Å². The Kier molecular flexibility index (Phi) is 5.41. The number of hydrogen-bond donors (Lipinski definition) is 1. The molecule has 0 unspecified atom stereocenters. The van der Waals surface area contributed by atoms with Crippen molar-refractivity contribution in [1.82, 2.24) is 14.9 Å². The van der Waals surface area contributed by atoms with Crippen LogP contribution in [-0.2, 0) is 6.18 Å². The molecule has 0 saturated carbocycles. The van der Waals surface area contributed by atoms with E-state index in [9.17, 15) is 13.2 Å². The lowest BCUT2D eigenvalue weighted by molar-refractivity contribution is -0.137. The van der Waals surface area contributed by atoms with Crippen molar-refractivity contribution in [1.29, 1.82) is 0 Å². The van der Waals surface area contributed by atoms with Crippen molar-refractivity contribution in [3.8, 4) is 17.1 Å². The first-order valence-corrected chi connectivity index (χ1v) is 8.41. The van der Waals surface area contributed by atoms with Crippen LogP contribution in [0.4, 0.5) is 13.2 Å². The first-order chi connectivity index (χ1) is 12.9. The van der Waals surface area contributed by atoms with E-state index in [0.717, 1.165) is 17.7 Å². The summed E-state index contributed by atoms with van der Waals surface area (Å²) in [4.78, 5) is 0. The summed E-state index contributed by atoms with van der Waals surface area (Å²) in [6.07, 6.45) is -2.96. The molecule has 5 nitrogen and oxygen atoms in total. The van der Waals surface area contributed by atoms with Crippen LogP contribution in [-0.4, -0.2) is 27.7 Å². The molecule has 140 valence electrons. The summed E-state index contributed by atoms with van der Waals surface area (Å²) in [6.45, 7) is 2.42. The van der Waals surface area contributed by atoms with Crippen LogP contribution < -0.4 is 4.74 Å². The Morgan fingerprint density at radius 1 is 1.22 bits per heavy atom. The molecule has 1 N–H and O–H groups in total. The fourth-order valence-electron chi connectivity index (χ4n) is 2.36. The van der Waals surface area contributed by atoms with E-state index >= 15 is 0 Å². The third-order valence-corrected chi connectivity index (χ3v) is 3.88. The van der Waals surface area contributed by atoms with Crippen LogP contribution >= 0.6 is 12.2 Å². The van der Waals surface area contributed by atoms with Crippen molar-refractivity contribution in [3.05, 3.63) is 64.4 Å². The fourth-order valence-corrected chi connectivity index (χ4v) is 2.54. The average Bonchev–Trinajstić information content (AvgIpc) is 3.01. The highest BCUT2D eigenvalue weighted by Crippen LogP contribution is 2.29. The number of H-pyrrole nitrogens is 1. The lowest BCUT2D eigenvalue weighted by atomic mass is 10.1. The summed E-state index contributed by atoms with van der Waals surface area (Å²) < 4.78 is 45.0. The molecule has 9 heteroatoms. The van der Waals surface area contributed by atoms with Gasteiger partial charge in [0.2, 0.25) is 4.77 Å². The van der Waals surface area contributed by atoms with Crippen molar-refractivity contribution >= 4 is 18.4 Å². The number of alkyl halides is 3. The molecule has 0 bridgehead atoms. The SMILES string of the molecule is CCOc1cccc(-c2n[nH]c(=S)n2/N=C/c2ccc(C(F)(F)F)cc2)c1.